The monoisotopic (exact) mass is 994 g/mol. The van der Waals surface area contributed by atoms with Gasteiger partial charge in [-0.15, -0.1) is 10.3 Å². The second-order valence-electron chi connectivity index (χ2n) is 19.6. The lowest BCUT2D eigenvalue weighted by molar-refractivity contribution is -0.247. The minimum atomic E-state index is -1.70. The number of hydroxylamine groups is 2. The molecule has 2 aromatic heterocycles. The molecule has 1 amide bonds. The van der Waals surface area contributed by atoms with Crippen LogP contribution in [-0.4, -0.2) is 111 Å². The van der Waals surface area contributed by atoms with Gasteiger partial charge in [-0.25, -0.2) is 9.65 Å². The van der Waals surface area contributed by atoms with Crippen LogP contribution in [0.2, 0.25) is 0 Å². The number of carbonyl (C=O) groups is 1. The van der Waals surface area contributed by atoms with Gasteiger partial charge in [0.25, 0.3) is 8.53 Å². The Labute approximate surface area is 418 Å². The van der Waals surface area contributed by atoms with E-state index in [1.54, 1.807) is 25.1 Å². The predicted molar refractivity (Wildman–Crippen MR) is 269 cm³/mol. The van der Waals surface area contributed by atoms with Gasteiger partial charge in [0.05, 0.1) is 70.4 Å². The minimum Gasteiger partial charge on any atom is -0.497 e. The molecule has 2 unspecified atom stereocenters. The van der Waals surface area contributed by atoms with Gasteiger partial charge in [0.15, 0.2) is 11.2 Å². The lowest BCUT2D eigenvalue weighted by atomic mass is 9.80. The van der Waals surface area contributed by atoms with Crippen LogP contribution in [0.25, 0.3) is 11.2 Å². The number of nitriles is 1. The number of ether oxygens (including phenoxy) is 5. The van der Waals surface area contributed by atoms with Crippen LogP contribution in [0, 0.1) is 17.2 Å². The smallest absolute Gasteiger partial charge is 0.259 e. The highest BCUT2D eigenvalue weighted by molar-refractivity contribution is 7.44. The second kappa shape index (κ2) is 22.9. The van der Waals surface area contributed by atoms with Gasteiger partial charge in [0.1, 0.15) is 29.4 Å². The molecule has 5 aromatic rings. The number of carbonyl (C=O) groups excluding carboxylic acids is 1. The topological polar surface area (TPSA) is 213 Å². The fourth-order valence-electron chi connectivity index (χ4n) is 9.78. The molecule has 71 heavy (non-hydrogen) atoms. The molecular formula is C52H69N9O9P. The molecule has 3 aromatic carbocycles. The maximum atomic E-state index is 13.2. The van der Waals surface area contributed by atoms with E-state index in [1.165, 1.54) is 0 Å². The summed E-state index contributed by atoms with van der Waals surface area (Å²) >= 11 is 0. The van der Waals surface area contributed by atoms with E-state index in [0.29, 0.717) is 48.5 Å². The molecule has 2 aliphatic heterocycles. The van der Waals surface area contributed by atoms with Crippen LogP contribution < -0.4 is 25.3 Å². The molecular weight excluding hydrogens is 926 g/mol. The number of nitrogens with zero attached hydrogens (tertiary/aromatic N) is 7. The van der Waals surface area contributed by atoms with Crippen molar-refractivity contribution in [3.63, 3.8) is 0 Å². The van der Waals surface area contributed by atoms with Crippen molar-refractivity contribution >= 4 is 31.5 Å². The second-order valence-corrected chi connectivity index (χ2v) is 21.0. The van der Waals surface area contributed by atoms with Crippen molar-refractivity contribution in [1.29, 1.82) is 5.26 Å². The summed E-state index contributed by atoms with van der Waals surface area (Å²) in [6.45, 7) is 16.5. The number of nitrogen functional groups attached to an aromatic ring is 1. The van der Waals surface area contributed by atoms with Crippen LogP contribution in [-0.2, 0) is 34.1 Å². The molecule has 5 atom stereocenters. The number of anilines is 1. The predicted octanol–water partition coefficient (Wildman–Crippen LogP) is 8.49. The third-order valence-corrected chi connectivity index (χ3v) is 15.4. The molecule has 0 aliphatic carbocycles. The van der Waals surface area contributed by atoms with Gasteiger partial charge in [0, 0.05) is 30.6 Å². The van der Waals surface area contributed by atoms with Gasteiger partial charge >= 0.3 is 0 Å². The number of imidazole rings is 1. The van der Waals surface area contributed by atoms with Gasteiger partial charge in [-0.1, -0.05) is 54.6 Å². The van der Waals surface area contributed by atoms with Crippen LogP contribution >= 0.6 is 8.53 Å². The lowest BCUT2D eigenvalue weighted by Crippen LogP contribution is -2.49. The summed E-state index contributed by atoms with van der Waals surface area (Å²) in [7, 11) is 1.57. The summed E-state index contributed by atoms with van der Waals surface area (Å²) in [6, 6.07) is 28.0. The Morgan fingerprint density at radius 2 is 1.56 bits per heavy atom. The molecule has 18 nitrogen and oxygen atoms in total. The van der Waals surface area contributed by atoms with Crippen LogP contribution in [0.3, 0.4) is 0 Å². The zero-order valence-electron chi connectivity index (χ0n) is 42.5. The number of rotatable bonds is 23. The van der Waals surface area contributed by atoms with Crippen LogP contribution in [0.5, 0.6) is 17.4 Å². The van der Waals surface area contributed by atoms with Gasteiger partial charge in [-0.05, 0) is 109 Å². The number of hydrogen-bond donors (Lipinski definition) is 2. The molecule has 2 fully saturated rings. The van der Waals surface area contributed by atoms with E-state index in [0.717, 1.165) is 21.8 Å². The van der Waals surface area contributed by atoms with Crippen molar-refractivity contribution < 1.29 is 42.7 Å². The highest BCUT2D eigenvalue weighted by atomic mass is 31.2. The maximum Gasteiger partial charge on any atom is 0.259 e. The molecule has 0 spiro atoms. The zero-order valence-corrected chi connectivity index (χ0v) is 43.4. The largest absolute Gasteiger partial charge is 0.497 e. The lowest BCUT2D eigenvalue weighted by Gasteiger charge is -2.39. The van der Waals surface area contributed by atoms with Gasteiger partial charge < -0.3 is 43.8 Å². The van der Waals surface area contributed by atoms with Gasteiger partial charge in [0.2, 0.25) is 17.7 Å². The average Bonchev–Trinajstić information content (AvgIpc) is 4.01. The van der Waals surface area contributed by atoms with E-state index in [4.69, 9.17) is 43.4 Å². The molecule has 0 saturated carbocycles. The van der Waals surface area contributed by atoms with Gasteiger partial charge in [-0.3, -0.25) is 9.36 Å². The number of hydrogen-bond acceptors (Lipinski definition) is 15. The first-order chi connectivity index (χ1) is 33.9. The third-order valence-electron chi connectivity index (χ3n) is 13.2. The average molecular weight is 995 g/mol. The van der Waals surface area contributed by atoms with E-state index < -0.39 is 49.6 Å². The van der Waals surface area contributed by atoms with Crippen molar-refractivity contribution in [3.8, 4) is 23.4 Å². The zero-order chi connectivity index (χ0) is 51.1. The van der Waals surface area contributed by atoms with E-state index >= 15 is 0 Å². The van der Waals surface area contributed by atoms with Crippen LogP contribution in [0.15, 0.2) is 85.2 Å². The first-order valence-electron chi connectivity index (χ1n) is 24.2. The minimum absolute atomic E-state index is 0.0213. The van der Waals surface area contributed by atoms with Crippen molar-refractivity contribution in [3.05, 3.63) is 102 Å². The number of amides is 1. The maximum absolute atomic E-state index is 13.2. The Kier molecular flexibility index (Phi) is 17.2. The van der Waals surface area contributed by atoms with Crippen molar-refractivity contribution in [2.75, 3.05) is 46.3 Å². The highest BCUT2D eigenvalue weighted by Crippen LogP contribution is 2.51. The number of benzene rings is 3. The normalized spacial score (nSPS) is 20.4. The van der Waals surface area contributed by atoms with Crippen molar-refractivity contribution in [2.24, 2.45) is 5.92 Å². The molecule has 2 saturated heterocycles. The summed E-state index contributed by atoms with van der Waals surface area (Å²) in [6.07, 6.45) is 1.16. The molecule has 381 valence electrons. The number of nitrogens with two attached hydrogens (primary N) is 1. The summed E-state index contributed by atoms with van der Waals surface area (Å²) in [5.74, 6) is 0.960. The Hall–Kier alpha value is -5.48. The SMILES string of the molecule is COc1ccc(C(OC[C@H]2O[C@@H](n3cnc4c(OCCCNC(=O)C5CC(C)(C)N([O])C5(C)C)nc(N)nc43)C[C@@H]2OP(OCCC#N)N(C(C)C)C(C)C)(c2ccccc2)c2ccc(OC)cc2)cc1. The molecule has 2 aliphatic rings. The number of aromatic nitrogens is 4. The number of fused-ring (bicyclic) bond motifs is 1. The third kappa shape index (κ3) is 11.6. The van der Waals surface area contributed by atoms with Gasteiger partial charge in [-0.2, -0.15) is 15.2 Å². The van der Waals surface area contributed by atoms with E-state index in [2.05, 4.69) is 53.7 Å². The number of nitrogens with one attached hydrogen (secondary N) is 1. The molecule has 1 radical (unpaired) electrons. The Morgan fingerprint density at radius 3 is 2.13 bits per heavy atom. The van der Waals surface area contributed by atoms with Crippen LogP contribution in [0.4, 0.5) is 5.95 Å². The Bertz CT molecular complexity index is 2520. The summed E-state index contributed by atoms with van der Waals surface area (Å²) < 4.78 is 49.3. The Morgan fingerprint density at radius 1 is 0.944 bits per heavy atom. The molecule has 4 heterocycles. The van der Waals surface area contributed by atoms with E-state index in [1.807, 2.05) is 107 Å². The summed E-state index contributed by atoms with van der Waals surface area (Å²) in [5, 5.41) is 26.4. The standard InChI is InChI=1S/C52H69N9O9P/c1-34(2)60(35(3)4)71(68-29-14-26-53)70-42-30-44(59-33-56-45-46(59)57-49(54)58-48(45)66-28-15-27-55-47(62)41-31-50(5,6)61(63)51(41,7)8)69-43(42)32-67-52(36-16-12-11-13-17-36,37-18-22-39(64-9)23-19-37)38-20-24-40(65-10)25-21-38/h11-13,16-25,33-35,41-44H,14-15,27-32H2,1-10H3,(H,55,62)(H2,54,57,58)/t41?,42-,43+,44+,71?/m0/s1. The number of methoxy groups -OCH3 is 2. The molecule has 0 bridgehead atoms. The highest BCUT2D eigenvalue weighted by Gasteiger charge is 2.55. The molecule has 7 rings (SSSR count). The summed E-state index contributed by atoms with van der Waals surface area (Å²) in [4.78, 5) is 27.0. The Balaban J connectivity index is 1.19. The fourth-order valence-corrected chi connectivity index (χ4v) is 11.5. The van der Waals surface area contributed by atoms with E-state index in [-0.39, 0.29) is 56.1 Å². The van der Waals surface area contributed by atoms with E-state index in [9.17, 15) is 15.3 Å². The molecule has 19 heteroatoms. The first kappa shape index (κ1) is 53.3. The van der Waals surface area contributed by atoms with Crippen molar-refractivity contribution in [1.82, 2.24) is 34.6 Å². The quantitative estimate of drug-likeness (QED) is 0.0357. The first-order valence-corrected chi connectivity index (χ1v) is 25.3. The summed E-state index contributed by atoms with van der Waals surface area (Å²) in [5.41, 5.74) is 7.10. The van der Waals surface area contributed by atoms with Crippen LogP contribution in [0.1, 0.15) is 104 Å². The fraction of sp³-hybridized carbons (Fsp3) is 0.519. The van der Waals surface area contributed by atoms with Crippen molar-refractivity contribution in [2.45, 2.75) is 128 Å². The molecule has 3 N–H and O–H groups in total.